The van der Waals surface area contributed by atoms with E-state index >= 15 is 0 Å². The lowest BCUT2D eigenvalue weighted by Crippen LogP contribution is -2.21. The Hall–Kier alpha value is -9.59. The summed E-state index contributed by atoms with van der Waals surface area (Å²) in [7, 11) is 1.64. The maximum absolute atomic E-state index is 12.9. The Morgan fingerprint density at radius 2 is 1.26 bits per heavy atom. The van der Waals surface area contributed by atoms with Crippen molar-refractivity contribution in [2.75, 3.05) is 31.3 Å². The van der Waals surface area contributed by atoms with Crippen LogP contribution in [0.2, 0.25) is 0 Å². The van der Waals surface area contributed by atoms with E-state index in [0.717, 1.165) is 33.9 Å². The molecule has 6 aromatic heterocycles. The van der Waals surface area contributed by atoms with Crippen LogP contribution < -0.4 is 15.8 Å². The third-order valence-corrected chi connectivity index (χ3v) is 11.1. The van der Waals surface area contributed by atoms with E-state index in [1.165, 1.54) is 0 Å². The number of carbonyl (C=O) groups is 1. The average molecular weight is 956 g/mol. The summed E-state index contributed by atoms with van der Waals surface area (Å²) in [5, 5.41) is 29.7. The zero-order valence-electron chi connectivity index (χ0n) is 39.5. The molecule has 0 saturated heterocycles. The summed E-state index contributed by atoms with van der Waals surface area (Å²) in [4.78, 5) is 45.3. The van der Waals surface area contributed by atoms with Gasteiger partial charge in [-0.15, -0.1) is 10.2 Å². The van der Waals surface area contributed by atoms with Crippen molar-refractivity contribution in [2.45, 2.75) is 45.4 Å². The summed E-state index contributed by atoms with van der Waals surface area (Å²) >= 11 is 0. The number of aromatic nitrogens is 12. The lowest BCUT2D eigenvalue weighted by Gasteiger charge is -2.12. The van der Waals surface area contributed by atoms with Gasteiger partial charge in [0.15, 0.2) is 6.61 Å². The molecule has 3 aromatic carbocycles. The van der Waals surface area contributed by atoms with Crippen molar-refractivity contribution >= 4 is 17.8 Å². The predicted octanol–water partition coefficient (Wildman–Crippen LogP) is 8.06. The number of nitrogen functional groups attached to an aromatic ring is 1. The predicted molar refractivity (Wildman–Crippen MR) is 269 cm³/mol. The van der Waals surface area contributed by atoms with E-state index in [-0.39, 0.29) is 24.6 Å². The molecule has 19 heteroatoms. The first-order valence-corrected chi connectivity index (χ1v) is 22.9. The number of pyridine rings is 2. The highest BCUT2D eigenvalue weighted by molar-refractivity contribution is 5.90. The van der Waals surface area contributed by atoms with E-state index < -0.39 is 5.91 Å². The highest BCUT2D eigenvalue weighted by atomic mass is 16.5. The van der Waals surface area contributed by atoms with Gasteiger partial charge in [-0.05, 0) is 78.7 Å². The molecule has 0 spiro atoms. The van der Waals surface area contributed by atoms with Crippen molar-refractivity contribution in [1.82, 2.24) is 59.9 Å². The van der Waals surface area contributed by atoms with Gasteiger partial charge >= 0.3 is 6.07 Å². The zero-order chi connectivity index (χ0) is 49.8. The summed E-state index contributed by atoms with van der Waals surface area (Å²) in [6, 6.07) is 44.3. The number of nitriles is 1. The fourth-order valence-electron chi connectivity index (χ4n) is 7.56. The van der Waals surface area contributed by atoms with Crippen molar-refractivity contribution in [1.29, 1.82) is 5.26 Å². The number of anilines is 2. The van der Waals surface area contributed by atoms with Gasteiger partial charge in [0.2, 0.25) is 11.9 Å². The van der Waals surface area contributed by atoms with Crippen LogP contribution in [0.3, 0.4) is 0 Å². The van der Waals surface area contributed by atoms with Gasteiger partial charge < -0.3 is 15.2 Å². The summed E-state index contributed by atoms with van der Waals surface area (Å²) in [5.41, 5.74) is 15.3. The Kier molecular flexibility index (Phi) is 14.7. The molecule has 1 unspecified atom stereocenters. The number of nitrogens with two attached hydrogens (primary N) is 1. The van der Waals surface area contributed by atoms with Crippen LogP contribution in [0, 0.1) is 17.4 Å². The SMILES string of the molecule is COC(CC[N+]#Cc1cccc(-c2cc(-c3cn(Cc4cccc(C(C)C)n4)nn3)nc(N)n2)c1)c1cccc(Cn2cc(-c3cc(-c4cccc(C#N)c4)nc(NC(=O)COc4ccccc4)n3)nn2)n1. The lowest BCUT2D eigenvalue weighted by atomic mass is 10.1. The van der Waals surface area contributed by atoms with E-state index in [2.05, 4.69) is 76.7 Å². The van der Waals surface area contributed by atoms with Crippen LogP contribution in [-0.2, 0) is 22.6 Å². The quantitative estimate of drug-likeness (QED) is 0.0877. The Balaban J connectivity index is 0.842. The second-order valence-electron chi connectivity index (χ2n) is 16.8. The van der Waals surface area contributed by atoms with Gasteiger partial charge in [0.05, 0.1) is 83.4 Å². The number of carbonyl (C=O) groups excluding carboxylic acids is 1. The van der Waals surface area contributed by atoms with Gasteiger partial charge in [-0.3, -0.25) is 20.1 Å². The standard InChI is InChI=1S/C53H46N16O3/c1-34(2)42-19-9-15-39(57-42)29-68-31-48(64-66-68)46-25-44(59-52(55)60-46)38-14-8-12-36(24-38)28-56-22-21-50(71-3)43-20-10-16-40(58-43)30-69-32-49(65-67-69)47-26-45(37-13-7-11-35(23-37)27-54)61-53(62-47)63-51(70)33-72-41-17-5-4-6-18-41/h4-20,23-26,31-32,34,50H,21-22,29-30,33H2,1-3H3,(H2-,55,59,60,61,62,63,70)/p+1. The molecule has 0 radical (unpaired) electrons. The fourth-order valence-corrected chi connectivity index (χ4v) is 7.56. The molecule has 0 aliphatic heterocycles. The number of nitrogens with one attached hydrogen (secondary N) is 1. The highest BCUT2D eigenvalue weighted by Gasteiger charge is 2.18. The molecule has 1 amide bonds. The molecule has 0 aliphatic rings. The van der Waals surface area contributed by atoms with Crippen LogP contribution in [-0.4, -0.2) is 86.1 Å². The molecule has 0 aliphatic carbocycles. The first-order chi connectivity index (χ1) is 35.1. The summed E-state index contributed by atoms with van der Waals surface area (Å²) in [6.45, 7) is 5.16. The minimum atomic E-state index is -0.454. The molecular weight excluding hydrogens is 909 g/mol. The van der Waals surface area contributed by atoms with Crippen molar-refractivity contribution < 1.29 is 14.3 Å². The van der Waals surface area contributed by atoms with E-state index in [0.29, 0.717) is 83.0 Å². The molecule has 9 aromatic rings. The molecule has 356 valence electrons. The molecular formula is C53H47N16O3+. The largest absolute Gasteiger partial charge is 0.484 e. The minimum Gasteiger partial charge on any atom is -0.484 e. The van der Waals surface area contributed by atoms with Crippen LogP contribution in [0.1, 0.15) is 66.2 Å². The van der Waals surface area contributed by atoms with Gasteiger partial charge in [0.1, 0.15) is 28.8 Å². The number of hydrogen-bond acceptors (Lipinski definition) is 15. The Morgan fingerprint density at radius 3 is 1.93 bits per heavy atom. The number of nitrogens with zero attached hydrogens (tertiary/aromatic N) is 14. The number of methoxy groups -OCH3 is 1. The molecule has 0 bridgehead atoms. The van der Waals surface area contributed by atoms with Crippen LogP contribution in [0.4, 0.5) is 11.9 Å². The number of amides is 1. The van der Waals surface area contributed by atoms with Gasteiger partial charge in [-0.25, -0.2) is 29.3 Å². The maximum Gasteiger partial charge on any atom is 0.311 e. The van der Waals surface area contributed by atoms with Crippen LogP contribution in [0.15, 0.2) is 140 Å². The van der Waals surface area contributed by atoms with Gasteiger partial charge in [0, 0.05) is 23.9 Å². The third kappa shape index (κ3) is 12.2. The van der Waals surface area contributed by atoms with Crippen molar-refractivity contribution in [3.8, 4) is 63.2 Å². The van der Waals surface area contributed by atoms with E-state index in [4.69, 9.17) is 25.2 Å². The number of hydrogen-bond donors (Lipinski definition) is 2. The Bertz CT molecular complexity index is 3470. The third-order valence-electron chi connectivity index (χ3n) is 11.1. The summed E-state index contributed by atoms with van der Waals surface area (Å²) in [5.74, 6) is 0.563. The lowest BCUT2D eigenvalue weighted by molar-refractivity contribution is -0.118. The van der Waals surface area contributed by atoms with Crippen LogP contribution >= 0.6 is 0 Å². The van der Waals surface area contributed by atoms with Gasteiger partial charge in [0.25, 0.3) is 12.5 Å². The van der Waals surface area contributed by atoms with Gasteiger partial charge in [-0.1, -0.05) is 83.7 Å². The van der Waals surface area contributed by atoms with Crippen molar-refractivity contribution in [2.24, 2.45) is 0 Å². The molecule has 3 N–H and O–H groups in total. The normalized spacial score (nSPS) is 11.4. The maximum atomic E-state index is 12.9. The molecule has 6 heterocycles. The number of ether oxygens (including phenoxy) is 2. The number of rotatable bonds is 17. The first-order valence-electron chi connectivity index (χ1n) is 22.9. The van der Waals surface area contributed by atoms with E-state index in [9.17, 15) is 10.1 Å². The molecule has 72 heavy (non-hydrogen) atoms. The second kappa shape index (κ2) is 22.2. The van der Waals surface area contributed by atoms with Crippen LogP contribution in [0.5, 0.6) is 5.75 Å². The second-order valence-corrected chi connectivity index (χ2v) is 16.8. The van der Waals surface area contributed by atoms with E-state index in [1.807, 2.05) is 97.2 Å². The first kappa shape index (κ1) is 47.5. The summed E-state index contributed by atoms with van der Waals surface area (Å²) < 4.78 is 14.9. The topological polar surface area (TPSA) is 240 Å². The fraction of sp³-hybridized carbons (Fsp3) is 0.189. The molecule has 9 rings (SSSR count). The Morgan fingerprint density at radius 1 is 0.681 bits per heavy atom. The molecule has 19 nitrogen and oxygen atoms in total. The average Bonchev–Trinajstić information content (AvgIpc) is 4.08. The molecule has 0 fully saturated rings. The van der Waals surface area contributed by atoms with Crippen molar-refractivity contribution in [3.05, 3.63) is 179 Å². The van der Waals surface area contributed by atoms with Crippen molar-refractivity contribution in [3.63, 3.8) is 0 Å². The minimum absolute atomic E-state index is 0.0372. The monoisotopic (exact) mass is 955 g/mol. The Labute approximate surface area is 414 Å². The highest BCUT2D eigenvalue weighted by Crippen LogP contribution is 2.27. The van der Waals surface area contributed by atoms with E-state index in [1.54, 1.807) is 59.1 Å². The summed E-state index contributed by atoms with van der Waals surface area (Å²) in [6.07, 6.45) is 3.76. The number of benzene rings is 3. The molecule has 0 saturated carbocycles. The van der Waals surface area contributed by atoms with Crippen LogP contribution in [0.25, 0.3) is 50.1 Å². The van der Waals surface area contributed by atoms with Gasteiger partial charge in [-0.2, -0.15) is 5.26 Å². The number of para-hydroxylation sites is 1. The smallest absolute Gasteiger partial charge is 0.311 e. The zero-order valence-corrected chi connectivity index (χ0v) is 39.5. The molecule has 1 atom stereocenters.